The number of thiophene rings is 1. The van der Waals surface area contributed by atoms with Gasteiger partial charge in [0, 0.05) is 26.2 Å². The lowest BCUT2D eigenvalue weighted by Crippen LogP contribution is -1.91. The van der Waals surface area contributed by atoms with E-state index in [1.165, 1.54) is 85.9 Å². The maximum atomic E-state index is 6.70. The average molecular weight is 653 g/mol. The fraction of sp³-hybridized carbons (Fsp3) is 0. The largest absolute Gasteiger partial charge is 0.455 e. The molecule has 0 aliphatic carbocycles. The van der Waals surface area contributed by atoms with Gasteiger partial charge in [-0.25, -0.2) is 0 Å². The van der Waals surface area contributed by atoms with E-state index in [1.807, 2.05) is 11.3 Å². The van der Waals surface area contributed by atoms with E-state index in [2.05, 4.69) is 170 Å². The van der Waals surface area contributed by atoms with Crippen molar-refractivity contribution >= 4 is 85.8 Å². The topological polar surface area (TPSA) is 13.1 Å². The van der Waals surface area contributed by atoms with Crippen molar-refractivity contribution in [1.82, 2.24) is 0 Å². The zero-order valence-electron chi connectivity index (χ0n) is 27.0. The van der Waals surface area contributed by atoms with Gasteiger partial charge in [-0.3, -0.25) is 0 Å². The highest BCUT2D eigenvalue weighted by Gasteiger charge is 2.20. The third-order valence-electron chi connectivity index (χ3n) is 10.5. The Morgan fingerprint density at radius 1 is 0.360 bits per heavy atom. The molecule has 0 N–H and O–H groups in total. The van der Waals surface area contributed by atoms with Crippen LogP contribution in [0.15, 0.2) is 174 Å². The molecule has 0 fully saturated rings. The Hall–Kier alpha value is -6.22. The van der Waals surface area contributed by atoms with Gasteiger partial charge in [-0.2, -0.15) is 0 Å². The van der Waals surface area contributed by atoms with Crippen molar-refractivity contribution in [3.8, 4) is 33.4 Å². The van der Waals surface area contributed by atoms with Crippen LogP contribution in [0.25, 0.3) is 108 Å². The summed E-state index contributed by atoms with van der Waals surface area (Å²) in [6, 6.07) is 61.9. The normalized spacial score (nSPS) is 12.0. The molecule has 0 atom stereocenters. The van der Waals surface area contributed by atoms with E-state index in [9.17, 15) is 0 Å². The highest BCUT2D eigenvalue weighted by atomic mass is 32.1. The third-order valence-corrected chi connectivity index (χ3v) is 11.6. The molecule has 0 saturated carbocycles. The van der Waals surface area contributed by atoms with Gasteiger partial charge in [-0.1, -0.05) is 146 Å². The molecule has 0 amide bonds. The van der Waals surface area contributed by atoms with E-state index in [4.69, 9.17) is 4.42 Å². The van der Waals surface area contributed by atoms with E-state index < -0.39 is 0 Å². The molecule has 0 aliphatic heterocycles. The minimum absolute atomic E-state index is 0.919. The SMILES string of the molecule is c1ccc(-c2ccc(-c3c4ccccc4c(-c4ccc5oc6c(ccc7c6sc6ccc8ccccc8c67)c5c4)c4ccccc34)cc2)cc1. The van der Waals surface area contributed by atoms with Crippen LogP contribution in [0, 0.1) is 0 Å². The fourth-order valence-corrected chi connectivity index (χ4v) is 9.41. The summed E-state index contributed by atoms with van der Waals surface area (Å²) in [4.78, 5) is 0. The average Bonchev–Trinajstić information content (AvgIpc) is 3.76. The molecule has 0 bridgehead atoms. The van der Waals surface area contributed by atoms with Gasteiger partial charge in [-0.15, -0.1) is 11.3 Å². The lowest BCUT2D eigenvalue weighted by atomic mass is 9.85. The molecular weight excluding hydrogens is 625 g/mol. The van der Waals surface area contributed by atoms with Crippen molar-refractivity contribution < 1.29 is 4.42 Å². The van der Waals surface area contributed by atoms with Crippen molar-refractivity contribution in [1.29, 1.82) is 0 Å². The summed E-state index contributed by atoms with van der Waals surface area (Å²) < 4.78 is 9.21. The van der Waals surface area contributed by atoms with Crippen molar-refractivity contribution in [2.45, 2.75) is 0 Å². The number of fused-ring (bicyclic) bond motifs is 11. The Morgan fingerprint density at radius 2 is 0.920 bits per heavy atom. The Balaban J connectivity index is 1.13. The number of rotatable bonds is 3. The Kier molecular flexibility index (Phi) is 5.89. The first-order chi connectivity index (χ1) is 24.8. The van der Waals surface area contributed by atoms with Gasteiger partial charge in [0.15, 0.2) is 5.58 Å². The summed E-state index contributed by atoms with van der Waals surface area (Å²) in [6.45, 7) is 0. The molecule has 0 saturated heterocycles. The predicted molar refractivity (Wildman–Crippen MR) is 215 cm³/mol. The molecule has 0 unspecified atom stereocenters. The van der Waals surface area contributed by atoms with E-state index in [-0.39, 0.29) is 0 Å². The lowest BCUT2D eigenvalue weighted by molar-refractivity contribution is 0.673. The van der Waals surface area contributed by atoms with Gasteiger partial charge in [-0.05, 0) is 90.0 Å². The van der Waals surface area contributed by atoms with Crippen LogP contribution >= 0.6 is 11.3 Å². The van der Waals surface area contributed by atoms with E-state index in [0.29, 0.717) is 0 Å². The van der Waals surface area contributed by atoms with Crippen molar-refractivity contribution in [3.63, 3.8) is 0 Å². The first-order valence-corrected chi connectivity index (χ1v) is 17.9. The Bertz CT molecular complexity index is 3070. The second-order valence-electron chi connectivity index (χ2n) is 13.2. The fourth-order valence-electron chi connectivity index (χ4n) is 8.20. The molecule has 11 aromatic rings. The molecule has 2 heteroatoms. The molecule has 9 aromatic carbocycles. The van der Waals surface area contributed by atoms with Gasteiger partial charge in [0.1, 0.15) is 5.58 Å². The molecule has 0 spiro atoms. The van der Waals surface area contributed by atoms with Gasteiger partial charge >= 0.3 is 0 Å². The minimum Gasteiger partial charge on any atom is -0.455 e. The number of benzene rings is 9. The number of furan rings is 1. The summed E-state index contributed by atoms with van der Waals surface area (Å²) in [5, 5.41) is 12.5. The maximum Gasteiger partial charge on any atom is 0.153 e. The van der Waals surface area contributed by atoms with Crippen LogP contribution in [0.3, 0.4) is 0 Å². The number of hydrogen-bond donors (Lipinski definition) is 0. The van der Waals surface area contributed by atoms with Crippen LogP contribution in [0.4, 0.5) is 0 Å². The second-order valence-corrected chi connectivity index (χ2v) is 14.2. The Morgan fingerprint density at radius 3 is 1.64 bits per heavy atom. The highest BCUT2D eigenvalue weighted by molar-refractivity contribution is 7.26. The summed E-state index contributed by atoms with van der Waals surface area (Å²) >= 11 is 1.83. The third kappa shape index (κ3) is 4.00. The molecule has 2 aromatic heterocycles. The molecule has 1 nitrogen and oxygen atoms in total. The van der Waals surface area contributed by atoms with E-state index in [1.54, 1.807) is 0 Å². The number of hydrogen-bond acceptors (Lipinski definition) is 2. The van der Waals surface area contributed by atoms with Gasteiger partial charge < -0.3 is 4.42 Å². The maximum absolute atomic E-state index is 6.70. The van der Waals surface area contributed by atoms with E-state index >= 15 is 0 Å². The van der Waals surface area contributed by atoms with Gasteiger partial charge in [0.05, 0.1) is 4.70 Å². The quantitative estimate of drug-likeness (QED) is 0.173. The van der Waals surface area contributed by atoms with Crippen LogP contribution in [0.1, 0.15) is 0 Å². The minimum atomic E-state index is 0.919. The van der Waals surface area contributed by atoms with Gasteiger partial charge in [0.2, 0.25) is 0 Å². The molecule has 0 aliphatic rings. The zero-order chi connectivity index (χ0) is 32.8. The summed E-state index contributed by atoms with van der Waals surface area (Å²) in [6.07, 6.45) is 0. The zero-order valence-corrected chi connectivity index (χ0v) is 27.8. The second kappa shape index (κ2) is 10.6. The van der Waals surface area contributed by atoms with Crippen molar-refractivity contribution in [3.05, 3.63) is 170 Å². The molecule has 11 rings (SSSR count). The smallest absolute Gasteiger partial charge is 0.153 e. The molecular formula is C48H28OS. The standard InChI is InChI=1S/C48H28OS/c1-2-10-29(11-3-1)30-18-20-32(21-19-30)44-35-14-6-8-16-37(35)45(38-17-9-7-15-36(38)44)33-22-26-42-41(28-33)39-24-25-40-46-34-13-5-4-12-31(34)23-27-43(46)50-48(40)47(39)49-42/h1-28H. The van der Waals surface area contributed by atoms with Crippen LogP contribution in [0.5, 0.6) is 0 Å². The molecule has 50 heavy (non-hydrogen) atoms. The summed E-state index contributed by atoms with van der Waals surface area (Å²) in [7, 11) is 0. The predicted octanol–water partition coefficient (Wildman–Crippen LogP) is 14.4. The lowest BCUT2D eigenvalue weighted by Gasteiger charge is -2.18. The van der Waals surface area contributed by atoms with Crippen LogP contribution in [-0.4, -0.2) is 0 Å². The highest BCUT2D eigenvalue weighted by Crippen LogP contribution is 2.47. The molecule has 0 radical (unpaired) electrons. The molecule has 232 valence electrons. The summed E-state index contributed by atoms with van der Waals surface area (Å²) in [5.41, 5.74) is 9.29. The van der Waals surface area contributed by atoms with E-state index in [0.717, 1.165) is 21.9 Å². The van der Waals surface area contributed by atoms with Crippen molar-refractivity contribution in [2.75, 3.05) is 0 Å². The Labute approximate surface area is 292 Å². The van der Waals surface area contributed by atoms with Crippen LogP contribution < -0.4 is 0 Å². The summed E-state index contributed by atoms with van der Waals surface area (Å²) in [5.74, 6) is 0. The van der Waals surface area contributed by atoms with Gasteiger partial charge in [0.25, 0.3) is 0 Å². The first kappa shape index (κ1) is 27.7. The molecule has 2 heterocycles. The van der Waals surface area contributed by atoms with Crippen molar-refractivity contribution in [2.24, 2.45) is 0 Å². The van der Waals surface area contributed by atoms with Crippen LogP contribution in [0.2, 0.25) is 0 Å². The van der Waals surface area contributed by atoms with Crippen LogP contribution in [-0.2, 0) is 0 Å². The monoisotopic (exact) mass is 652 g/mol. The first-order valence-electron chi connectivity index (χ1n) is 17.1.